The van der Waals surface area contributed by atoms with Gasteiger partial charge in [-0.1, -0.05) is 20.8 Å². The van der Waals surface area contributed by atoms with E-state index in [0.717, 1.165) is 27.9 Å². The molecule has 5 atom stereocenters. The molecule has 1 aliphatic rings. The molecule has 1 saturated heterocycles. The van der Waals surface area contributed by atoms with E-state index in [9.17, 15) is 28.8 Å². The summed E-state index contributed by atoms with van der Waals surface area (Å²) in [4.78, 5) is 72.4. The summed E-state index contributed by atoms with van der Waals surface area (Å²) < 4.78 is 39.4. The summed E-state index contributed by atoms with van der Waals surface area (Å²) in [6.45, 7) is 13.5. The predicted molar refractivity (Wildman–Crippen MR) is 162 cm³/mol. The van der Waals surface area contributed by atoms with E-state index in [4.69, 9.17) is 38.0 Å². The quantitative estimate of drug-likeness (QED) is 0.176. The van der Waals surface area contributed by atoms with Crippen LogP contribution >= 0.6 is 0 Å². The van der Waals surface area contributed by atoms with Gasteiger partial charge >= 0.3 is 29.8 Å². The maximum absolute atomic E-state index is 12.8. The summed E-state index contributed by atoms with van der Waals surface area (Å²) in [6.07, 6.45) is -8.52. The molecule has 15 nitrogen and oxygen atoms in total. The lowest BCUT2D eigenvalue weighted by atomic mass is 9.97. The van der Waals surface area contributed by atoms with Crippen LogP contribution in [0.1, 0.15) is 59.9 Å². The smallest absolute Gasteiger partial charge is 0.339 e. The molecule has 0 radical (unpaired) electrons. The molecule has 0 bridgehead atoms. The van der Waals surface area contributed by atoms with Crippen molar-refractivity contribution in [2.45, 2.75) is 110 Å². The third kappa shape index (κ3) is 10.8. The summed E-state index contributed by atoms with van der Waals surface area (Å²) >= 11 is 0. The van der Waals surface area contributed by atoms with Crippen molar-refractivity contribution in [1.82, 2.24) is 0 Å². The van der Waals surface area contributed by atoms with Crippen molar-refractivity contribution in [3.63, 3.8) is 0 Å². The second kappa shape index (κ2) is 16.0. The van der Waals surface area contributed by atoms with Gasteiger partial charge in [0.15, 0.2) is 26.6 Å². The molecular formula is C30H43NO14Si. The Morgan fingerprint density at radius 3 is 1.98 bits per heavy atom. The van der Waals surface area contributed by atoms with Crippen LogP contribution < -0.4 is 10.1 Å². The number of amides is 1. The Morgan fingerprint density at radius 2 is 1.46 bits per heavy atom. The molecule has 46 heavy (non-hydrogen) atoms. The number of nitrogens with one attached hydrogen (secondary N) is 1. The van der Waals surface area contributed by atoms with Gasteiger partial charge in [0, 0.05) is 38.4 Å². The fraction of sp³-hybridized carbons (Fsp3) is 0.600. The molecule has 256 valence electrons. The van der Waals surface area contributed by atoms with Gasteiger partial charge < -0.3 is 43.3 Å². The monoisotopic (exact) mass is 669 g/mol. The molecule has 2 N–H and O–H groups in total. The first-order valence-corrected chi connectivity index (χ1v) is 17.4. The van der Waals surface area contributed by atoms with Gasteiger partial charge in [-0.25, -0.2) is 4.79 Å². The maximum Gasteiger partial charge on any atom is 0.339 e. The topological polar surface area (TPSA) is 199 Å². The van der Waals surface area contributed by atoms with Gasteiger partial charge in [0.25, 0.3) is 0 Å². The molecule has 1 aromatic rings. The van der Waals surface area contributed by atoms with E-state index >= 15 is 0 Å². The first-order chi connectivity index (χ1) is 21.2. The van der Waals surface area contributed by atoms with Gasteiger partial charge in [0.05, 0.1) is 20.1 Å². The van der Waals surface area contributed by atoms with Gasteiger partial charge in [-0.2, -0.15) is 0 Å². The van der Waals surface area contributed by atoms with Crippen molar-refractivity contribution < 1.29 is 66.7 Å². The van der Waals surface area contributed by atoms with Gasteiger partial charge in [-0.05, 0) is 36.3 Å². The maximum atomic E-state index is 12.8. The van der Waals surface area contributed by atoms with Crippen LogP contribution in [-0.4, -0.2) is 87.0 Å². The van der Waals surface area contributed by atoms with E-state index in [0.29, 0.717) is 11.3 Å². The number of methoxy groups -OCH3 is 1. The van der Waals surface area contributed by atoms with E-state index in [1.165, 1.54) is 12.1 Å². The highest BCUT2D eigenvalue weighted by Gasteiger charge is 2.56. The minimum absolute atomic E-state index is 0.000504. The zero-order chi connectivity index (χ0) is 35.0. The average Bonchev–Trinajstić information content (AvgIpc) is 2.93. The van der Waals surface area contributed by atoms with Crippen LogP contribution in [0.2, 0.25) is 18.1 Å². The Labute approximate surface area is 268 Å². The van der Waals surface area contributed by atoms with Crippen molar-refractivity contribution >= 4 is 49.8 Å². The van der Waals surface area contributed by atoms with Crippen LogP contribution in [0, 0.1) is 0 Å². The van der Waals surface area contributed by atoms with Gasteiger partial charge in [0.1, 0.15) is 5.75 Å². The van der Waals surface area contributed by atoms with Crippen LogP contribution in [0.15, 0.2) is 18.2 Å². The van der Waals surface area contributed by atoms with E-state index in [1.807, 2.05) is 13.1 Å². The van der Waals surface area contributed by atoms with E-state index in [2.05, 4.69) is 26.1 Å². The zero-order valence-electron chi connectivity index (χ0n) is 27.5. The highest BCUT2D eigenvalue weighted by molar-refractivity contribution is 6.74. The van der Waals surface area contributed by atoms with Crippen LogP contribution in [0.3, 0.4) is 0 Å². The highest BCUT2D eigenvalue weighted by Crippen LogP contribution is 2.39. The van der Waals surface area contributed by atoms with Crippen LogP contribution in [0.5, 0.6) is 5.75 Å². The Kier molecular flexibility index (Phi) is 13.3. The lowest BCUT2D eigenvalue weighted by Gasteiger charge is -2.43. The van der Waals surface area contributed by atoms with Crippen molar-refractivity contribution in [2.75, 3.05) is 12.4 Å². The number of rotatable bonds is 13. The first-order valence-electron chi connectivity index (χ1n) is 14.5. The van der Waals surface area contributed by atoms with Gasteiger partial charge in [0.2, 0.25) is 18.3 Å². The Bertz CT molecular complexity index is 1310. The summed E-state index contributed by atoms with van der Waals surface area (Å²) in [5.41, 5.74) is 0.726. The van der Waals surface area contributed by atoms with Crippen LogP contribution in [0.4, 0.5) is 5.69 Å². The minimum Gasteiger partial charge on any atom is -0.481 e. The van der Waals surface area contributed by atoms with Crippen molar-refractivity contribution in [1.29, 1.82) is 0 Å². The number of carbonyl (C=O) groups excluding carboxylic acids is 5. The fourth-order valence-electron chi connectivity index (χ4n) is 4.10. The molecule has 1 aliphatic heterocycles. The normalized spacial score (nSPS) is 21.4. The lowest BCUT2D eigenvalue weighted by Crippen LogP contribution is -2.64. The number of aliphatic carboxylic acids is 1. The van der Waals surface area contributed by atoms with Crippen LogP contribution in [0.25, 0.3) is 0 Å². The molecular weight excluding hydrogens is 626 g/mol. The lowest BCUT2D eigenvalue weighted by molar-refractivity contribution is -0.282. The van der Waals surface area contributed by atoms with Crippen molar-refractivity contribution in [3.05, 3.63) is 23.8 Å². The number of hydrogen-bond acceptors (Lipinski definition) is 13. The Balaban J connectivity index is 2.60. The molecule has 0 aromatic heterocycles. The van der Waals surface area contributed by atoms with Gasteiger partial charge in [-0.15, -0.1) is 0 Å². The molecule has 2 rings (SSSR count). The molecule has 3 unspecified atom stereocenters. The largest absolute Gasteiger partial charge is 0.481 e. The third-order valence-corrected chi connectivity index (χ3v) is 11.9. The average molecular weight is 670 g/mol. The Hall–Kier alpha value is -4.02. The predicted octanol–water partition coefficient (Wildman–Crippen LogP) is 3.08. The van der Waals surface area contributed by atoms with E-state index in [1.54, 1.807) is 6.07 Å². The van der Waals surface area contributed by atoms with Crippen molar-refractivity contribution in [3.8, 4) is 5.75 Å². The first kappa shape index (κ1) is 38.2. The molecule has 0 saturated carbocycles. The molecule has 1 heterocycles. The number of carbonyl (C=O) groups is 6. The second-order valence-corrected chi connectivity index (χ2v) is 16.9. The summed E-state index contributed by atoms with van der Waals surface area (Å²) in [5, 5.41) is 11.4. The number of hydrogen-bond donors (Lipinski definition) is 2. The number of carboxylic acids is 1. The highest BCUT2D eigenvalue weighted by atomic mass is 28.4. The number of esters is 4. The van der Waals surface area contributed by atoms with E-state index < -0.39 is 74.8 Å². The molecule has 1 amide bonds. The summed E-state index contributed by atoms with van der Waals surface area (Å²) in [7, 11) is -1.26. The minimum atomic E-state index is -2.33. The fourth-order valence-corrected chi connectivity index (χ4v) is 5.05. The Morgan fingerprint density at radius 1 is 0.891 bits per heavy atom. The third-order valence-electron chi connectivity index (χ3n) is 7.38. The number of carboxylic acid groups (broad SMARTS) is 1. The number of benzene rings is 1. The second-order valence-electron chi connectivity index (χ2n) is 12.1. The number of ether oxygens (including phenoxy) is 6. The molecule has 0 spiro atoms. The van der Waals surface area contributed by atoms with Crippen LogP contribution in [-0.2, 0) is 63.5 Å². The summed E-state index contributed by atoms with van der Waals surface area (Å²) in [5.74, 6) is -5.01. The number of anilines is 1. The molecule has 1 fully saturated rings. The zero-order valence-corrected chi connectivity index (χ0v) is 28.5. The molecule has 1 aromatic carbocycles. The molecule has 16 heteroatoms. The standard InChI is InChI=1S/C30H43NO14Si/c1-16(32)41-24-25(42-17(2)33)27(43-18(3)34)29(45-26(24)28(38)39-7)44-21-11-10-20(31-22(35)12-13-23(36)37)14-19(21)15-40-46(8,9)30(4,5)6/h10-11,14,24-27,29H,12-13,15H2,1-9H3,(H,31,35)(H,36,37)/t24-,25?,26?,27?,29+/m0/s1. The van der Waals surface area contributed by atoms with Crippen molar-refractivity contribution in [2.24, 2.45) is 0 Å². The van der Waals surface area contributed by atoms with E-state index in [-0.39, 0.29) is 30.2 Å². The summed E-state index contributed by atoms with van der Waals surface area (Å²) in [6, 6.07) is 4.52. The molecule has 0 aliphatic carbocycles. The van der Waals surface area contributed by atoms with Gasteiger partial charge in [-0.3, -0.25) is 24.0 Å². The SMILES string of the molecule is COC(=O)C1O[C@@H](Oc2ccc(NC(=O)CCC(=O)O)cc2CO[Si](C)(C)C(C)(C)C)C(OC(C)=O)C(OC(C)=O)[C@@H]1OC(C)=O.